The molecule has 0 unspecified atom stereocenters. The molecule has 0 atom stereocenters. The molecule has 0 aromatic heterocycles. The molecular weight excluding hydrogens is 148 g/mol. The summed E-state index contributed by atoms with van der Waals surface area (Å²) in [7, 11) is 0. The zero-order valence-corrected chi connectivity index (χ0v) is 7.84. The van der Waals surface area contributed by atoms with E-state index in [2.05, 4.69) is 0 Å². The Kier molecular flexibility index (Phi) is 3.27. The molecule has 1 fully saturated rings. The Morgan fingerprint density at radius 1 is 1.33 bits per heavy atom. The lowest BCUT2D eigenvalue weighted by molar-refractivity contribution is -0.121. The summed E-state index contributed by atoms with van der Waals surface area (Å²) in [5.74, 6) is 0.661. The van der Waals surface area contributed by atoms with Crippen LogP contribution in [0.5, 0.6) is 0 Å². The van der Waals surface area contributed by atoms with Crippen LogP contribution in [-0.2, 0) is 4.79 Å². The van der Waals surface area contributed by atoms with Gasteiger partial charge in [-0.2, -0.15) is 0 Å². The molecule has 1 aliphatic rings. The first kappa shape index (κ1) is 9.24. The van der Waals surface area contributed by atoms with Crippen molar-refractivity contribution in [2.45, 2.75) is 33.1 Å². The molecule has 66 valence electrons. The van der Waals surface area contributed by atoms with Crippen LogP contribution in [0.15, 0.2) is 23.8 Å². The van der Waals surface area contributed by atoms with Gasteiger partial charge in [0.1, 0.15) is 0 Å². The van der Waals surface area contributed by atoms with Crippen LogP contribution in [0.3, 0.4) is 0 Å². The van der Waals surface area contributed by atoms with Crippen LogP contribution in [0.4, 0.5) is 0 Å². The fraction of sp³-hybridized carbons (Fsp3) is 0.545. The minimum Gasteiger partial charge on any atom is -0.294 e. The zero-order chi connectivity index (χ0) is 8.97. The highest BCUT2D eigenvalue weighted by Gasteiger charge is 2.25. The lowest BCUT2D eigenvalue weighted by Gasteiger charge is -2.24. The maximum Gasteiger partial charge on any atom is 0.165 e. The molecule has 1 nitrogen and oxygen atoms in total. The summed E-state index contributed by atoms with van der Waals surface area (Å²) in [5, 5.41) is 0. The number of Topliss-reactive ketones (excluding diaryl/α,β-unsaturated/α-hetero) is 1. The van der Waals surface area contributed by atoms with E-state index in [0.29, 0.717) is 11.7 Å². The molecular formula is C11H16O. The molecule has 0 radical (unpaired) electrons. The molecule has 0 heterocycles. The van der Waals surface area contributed by atoms with Gasteiger partial charge in [0.05, 0.1) is 0 Å². The number of ketones is 1. The van der Waals surface area contributed by atoms with Gasteiger partial charge in [0.2, 0.25) is 0 Å². The first-order valence-corrected chi connectivity index (χ1v) is 4.62. The molecule has 1 aliphatic carbocycles. The summed E-state index contributed by atoms with van der Waals surface area (Å²) in [4.78, 5) is 11.6. The quantitative estimate of drug-likeness (QED) is 0.463. The maximum absolute atomic E-state index is 11.6. The van der Waals surface area contributed by atoms with Crippen molar-refractivity contribution >= 4 is 5.78 Å². The average Bonchev–Trinajstić information content (AvgIpc) is 1.96. The van der Waals surface area contributed by atoms with Gasteiger partial charge in [0.25, 0.3) is 0 Å². The van der Waals surface area contributed by atoms with Crippen molar-refractivity contribution in [1.29, 1.82) is 0 Å². The van der Waals surface area contributed by atoms with Crippen molar-refractivity contribution in [3.05, 3.63) is 23.8 Å². The highest BCUT2D eigenvalue weighted by molar-refractivity contribution is 5.99. The fourth-order valence-electron chi connectivity index (χ4n) is 1.41. The van der Waals surface area contributed by atoms with E-state index >= 15 is 0 Å². The van der Waals surface area contributed by atoms with Crippen LogP contribution < -0.4 is 0 Å². The number of hydrogen-bond acceptors (Lipinski definition) is 1. The molecule has 1 heteroatoms. The molecule has 0 saturated heterocycles. The monoisotopic (exact) mass is 164 g/mol. The highest BCUT2D eigenvalue weighted by atomic mass is 16.1. The summed E-state index contributed by atoms with van der Waals surface area (Å²) in [6.45, 7) is 3.86. The van der Waals surface area contributed by atoms with E-state index < -0.39 is 0 Å². The van der Waals surface area contributed by atoms with Gasteiger partial charge in [-0.15, -0.1) is 0 Å². The standard InChI is InChI=1S/C11H16O/c1-3-6-9(4-2)11(12)10-7-5-8-10/h3-4,6,10H,5,7-8H2,1-2H3/b6-3-,9-4+. The second kappa shape index (κ2) is 4.24. The van der Waals surface area contributed by atoms with Gasteiger partial charge in [-0.25, -0.2) is 0 Å². The molecule has 0 amide bonds. The summed E-state index contributed by atoms with van der Waals surface area (Å²) in [6, 6.07) is 0. The number of carbonyl (C=O) groups is 1. The lowest BCUT2D eigenvalue weighted by atomic mass is 9.79. The predicted molar refractivity (Wildman–Crippen MR) is 50.9 cm³/mol. The van der Waals surface area contributed by atoms with Gasteiger partial charge < -0.3 is 0 Å². The smallest absolute Gasteiger partial charge is 0.165 e. The van der Waals surface area contributed by atoms with Crippen LogP contribution in [0.1, 0.15) is 33.1 Å². The molecule has 0 aliphatic heterocycles. The van der Waals surface area contributed by atoms with Crippen LogP contribution in [0, 0.1) is 5.92 Å². The second-order valence-corrected chi connectivity index (χ2v) is 3.24. The molecule has 1 rings (SSSR count). The summed E-state index contributed by atoms with van der Waals surface area (Å²) in [6.07, 6.45) is 9.14. The van der Waals surface area contributed by atoms with Crippen molar-refractivity contribution in [1.82, 2.24) is 0 Å². The molecule has 0 aromatic carbocycles. The third kappa shape index (κ3) is 1.84. The summed E-state index contributed by atoms with van der Waals surface area (Å²) >= 11 is 0. The second-order valence-electron chi connectivity index (χ2n) is 3.24. The van der Waals surface area contributed by atoms with E-state index in [1.54, 1.807) is 0 Å². The van der Waals surface area contributed by atoms with Crippen molar-refractivity contribution in [2.75, 3.05) is 0 Å². The topological polar surface area (TPSA) is 17.1 Å². The van der Waals surface area contributed by atoms with Crippen LogP contribution in [0.25, 0.3) is 0 Å². The number of hydrogen-bond donors (Lipinski definition) is 0. The van der Waals surface area contributed by atoms with Crippen molar-refractivity contribution in [3.8, 4) is 0 Å². The van der Waals surface area contributed by atoms with E-state index in [0.717, 1.165) is 18.4 Å². The number of carbonyl (C=O) groups excluding carboxylic acids is 1. The first-order chi connectivity index (χ1) is 5.79. The number of rotatable bonds is 3. The predicted octanol–water partition coefficient (Wildman–Crippen LogP) is 2.88. The molecule has 0 aromatic rings. The van der Waals surface area contributed by atoms with E-state index in [-0.39, 0.29) is 0 Å². The van der Waals surface area contributed by atoms with E-state index in [9.17, 15) is 4.79 Å². The van der Waals surface area contributed by atoms with Gasteiger partial charge in [-0.1, -0.05) is 24.6 Å². The average molecular weight is 164 g/mol. The molecule has 0 N–H and O–H groups in total. The Morgan fingerprint density at radius 3 is 2.33 bits per heavy atom. The normalized spacial score (nSPS) is 19.7. The van der Waals surface area contributed by atoms with Gasteiger partial charge in [-0.3, -0.25) is 4.79 Å². The minimum absolute atomic E-state index is 0.326. The lowest BCUT2D eigenvalue weighted by Crippen LogP contribution is -2.22. The van der Waals surface area contributed by atoms with Crippen LogP contribution in [0.2, 0.25) is 0 Å². The van der Waals surface area contributed by atoms with Crippen molar-refractivity contribution in [3.63, 3.8) is 0 Å². The Labute approximate surface area is 74.2 Å². The Balaban J connectivity index is 2.59. The first-order valence-electron chi connectivity index (χ1n) is 4.62. The van der Waals surface area contributed by atoms with Crippen molar-refractivity contribution < 1.29 is 4.79 Å². The van der Waals surface area contributed by atoms with Crippen LogP contribution >= 0.6 is 0 Å². The zero-order valence-electron chi connectivity index (χ0n) is 7.84. The summed E-state index contributed by atoms with van der Waals surface area (Å²) in [5.41, 5.74) is 0.877. The molecule has 1 saturated carbocycles. The molecule has 0 spiro atoms. The van der Waals surface area contributed by atoms with Gasteiger partial charge >= 0.3 is 0 Å². The van der Waals surface area contributed by atoms with E-state index in [4.69, 9.17) is 0 Å². The van der Waals surface area contributed by atoms with E-state index in [1.807, 2.05) is 32.1 Å². The van der Waals surface area contributed by atoms with Crippen molar-refractivity contribution in [2.24, 2.45) is 5.92 Å². The summed E-state index contributed by atoms with van der Waals surface area (Å²) < 4.78 is 0. The van der Waals surface area contributed by atoms with Gasteiger partial charge in [-0.05, 0) is 26.7 Å². The Bertz CT molecular complexity index is 219. The maximum atomic E-state index is 11.6. The number of allylic oxidation sites excluding steroid dienone is 4. The van der Waals surface area contributed by atoms with E-state index in [1.165, 1.54) is 6.42 Å². The Hall–Kier alpha value is -0.850. The molecule has 0 bridgehead atoms. The fourth-order valence-corrected chi connectivity index (χ4v) is 1.41. The largest absolute Gasteiger partial charge is 0.294 e. The third-order valence-corrected chi connectivity index (χ3v) is 2.42. The van der Waals surface area contributed by atoms with Gasteiger partial charge in [0.15, 0.2) is 5.78 Å². The van der Waals surface area contributed by atoms with Crippen LogP contribution in [-0.4, -0.2) is 5.78 Å². The molecule has 12 heavy (non-hydrogen) atoms. The third-order valence-electron chi connectivity index (χ3n) is 2.42. The highest BCUT2D eigenvalue weighted by Crippen LogP contribution is 2.29. The minimum atomic E-state index is 0.326. The SMILES string of the molecule is C/C=C\C(=C/C)C(=O)C1CCC1. The Morgan fingerprint density at radius 2 is 2.00 bits per heavy atom. The van der Waals surface area contributed by atoms with Gasteiger partial charge in [0, 0.05) is 11.5 Å².